The van der Waals surface area contributed by atoms with E-state index in [2.05, 4.69) is 11.6 Å². The second-order valence-corrected chi connectivity index (χ2v) is 4.75. The summed E-state index contributed by atoms with van der Waals surface area (Å²) >= 11 is 0. The Morgan fingerprint density at radius 3 is 2.87 bits per heavy atom. The van der Waals surface area contributed by atoms with Crippen molar-refractivity contribution in [3.63, 3.8) is 0 Å². The molecular weight excluding hydrogens is 216 g/mol. The van der Waals surface area contributed by atoms with Crippen LogP contribution < -0.4 is 0 Å². The molecule has 1 aromatic heterocycles. The normalized spacial score (nSPS) is 11.5. The van der Waals surface area contributed by atoms with E-state index in [1.165, 1.54) is 0 Å². The minimum Gasteiger partial charge on any atom is -0.332 e. The SMILES string of the molecule is C=Cc1nccn1CCCCS(=O)(=O)O. The van der Waals surface area contributed by atoms with E-state index in [-0.39, 0.29) is 5.75 Å². The van der Waals surface area contributed by atoms with Crippen molar-refractivity contribution < 1.29 is 13.0 Å². The number of nitrogens with zero attached hydrogens (tertiary/aromatic N) is 2. The third-order valence-electron chi connectivity index (χ3n) is 1.98. The van der Waals surface area contributed by atoms with Crippen molar-refractivity contribution in [3.8, 4) is 0 Å². The molecule has 0 unspecified atom stereocenters. The van der Waals surface area contributed by atoms with Crippen molar-refractivity contribution in [2.45, 2.75) is 19.4 Å². The number of unbranched alkanes of at least 4 members (excludes halogenated alkanes) is 1. The molecule has 0 amide bonds. The summed E-state index contributed by atoms with van der Waals surface area (Å²) in [6.45, 7) is 4.29. The van der Waals surface area contributed by atoms with Crippen LogP contribution in [0, 0.1) is 0 Å². The molecule has 0 bridgehead atoms. The van der Waals surface area contributed by atoms with Crippen molar-refractivity contribution in [2.75, 3.05) is 5.75 Å². The molecule has 0 aliphatic carbocycles. The summed E-state index contributed by atoms with van der Waals surface area (Å²) in [5.41, 5.74) is 0. The number of aromatic nitrogens is 2. The largest absolute Gasteiger partial charge is 0.332 e. The zero-order chi connectivity index (χ0) is 11.3. The number of aryl methyl sites for hydroxylation is 1. The highest BCUT2D eigenvalue weighted by molar-refractivity contribution is 7.85. The predicted molar refractivity (Wildman–Crippen MR) is 58.0 cm³/mol. The first-order chi connectivity index (χ1) is 7.03. The number of rotatable bonds is 6. The van der Waals surface area contributed by atoms with Crippen LogP contribution in [0.4, 0.5) is 0 Å². The maximum absolute atomic E-state index is 10.4. The van der Waals surface area contributed by atoms with Gasteiger partial charge in [-0.25, -0.2) is 4.98 Å². The summed E-state index contributed by atoms with van der Waals surface area (Å²) in [5.74, 6) is 0.576. The highest BCUT2D eigenvalue weighted by Gasteiger charge is 2.04. The van der Waals surface area contributed by atoms with E-state index in [0.29, 0.717) is 19.4 Å². The lowest BCUT2D eigenvalue weighted by Gasteiger charge is -2.03. The van der Waals surface area contributed by atoms with Crippen LogP contribution >= 0.6 is 0 Å². The molecule has 0 fully saturated rings. The Hall–Kier alpha value is -1.14. The summed E-state index contributed by atoms with van der Waals surface area (Å²) in [4.78, 5) is 4.04. The standard InChI is InChI=1S/C9H14N2O3S/c1-2-9-10-5-7-11(9)6-3-4-8-15(12,13)14/h2,5,7H,1,3-4,6,8H2,(H,12,13,14). The van der Waals surface area contributed by atoms with Gasteiger partial charge >= 0.3 is 0 Å². The Morgan fingerprint density at radius 1 is 1.53 bits per heavy atom. The molecule has 6 heteroatoms. The molecule has 0 aromatic carbocycles. The van der Waals surface area contributed by atoms with Crippen LogP contribution in [0.2, 0.25) is 0 Å². The van der Waals surface area contributed by atoms with Crippen molar-refractivity contribution in [1.82, 2.24) is 9.55 Å². The molecule has 0 spiro atoms. The van der Waals surface area contributed by atoms with Gasteiger partial charge in [0.15, 0.2) is 0 Å². The molecule has 0 radical (unpaired) electrons. The minimum atomic E-state index is -3.83. The highest BCUT2D eigenvalue weighted by atomic mass is 32.2. The number of imidazole rings is 1. The van der Waals surface area contributed by atoms with Gasteiger partial charge in [0.25, 0.3) is 10.1 Å². The Kier molecular flexibility index (Phi) is 4.05. The molecule has 0 aliphatic heterocycles. The van der Waals surface area contributed by atoms with Crippen LogP contribution in [-0.4, -0.2) is 28.3 Å². The molecule has 0 atom stereocenters. The van der Waals surface area contributed by atoms with Crippen LogP contribution in [0.1, 0.15) is 18.7 Å². The maximum atomic E-state index is 10.4. The summed E-state index contributed by atoms with van der Waals surface area (Å²) in [5, 5.41) is 0. The van der Waals surface area contributed by atoms with Gasteiger partial charge in [-0.15, -0.1) is 0 Å². The molecule has 0 aliphatic rings. The minimum absolute atomic E-state index is 0.189. The van der Waals surface area contributed by atoms with Crippen molar-refractivity contribution in [3.05, 3.63) is 24.8 Å². The van der Waals surface area contributed by atoms with Gasteiger partial charge in [-0.05, 0) is 18.9 Å². The average molecular weight is 230 g/mol. The zero-order valence-corrected chi connectivity index (χ0v) is 9.15. The van der Waals surface area contributed by atoms with E-state index in [4.69, 9.17) is 4.55 Å². The second kappa shape index (κ2) is 5.09. The summed E-state index contributed by atoms with van der Waals surface area (Å²) in [6, 6.07) is 0. The van der Waals surface area contributed by atoms with E-state index in [1.807, 2.05) is 10.8 Å². The van der Waals surface area contributed by atoms with E-state index < -0.39 is 10.1 Å². The quantitative estimate of drug-likeness (QED) is 0.588. The fraction of sp³-hybridized carbons (Fsp3) is 0.444. The fourth-order valence-corrected chi connectivity index (χ4v) is 1.84. The summed E-state index contributed by atoms with van der Waals surface area (Å²) in [6.07, 6.45) is 6.23. The van der Waals surface area contributed by atoms with Crippen molar-refractivity contribution in [2.24, 2.45) is 0 Å². The Labute approximate surface area is 89.2 Å². The molecule has 1 rings (SSSR count). The lowest BCUT2D eigenvalue weighted by molar-refractivity contribution is 0.478. The summed E-state index contributed by atoms with van der Waals surface area (Å²) in [7, 11) is -3.83. The first-order valence-corrected chi connectivity index (χ1v) is 6.22. The van der Waals surface area contributed by atoms with Gasteiger partial charge in [0, 0.05) is 18.9 Å². The third kappa shape index (κ3) is 4.26. The van der Waals surface area contributed by atoms with Gasteiger partial charge in [-0.2, -0.15) is 8.42 Å². The van der Waals surface area contributed by atoms with Crippen LogP contribution in [-0.2, 0) is 16.7 Å². The molecule has 5 nitrogen and oxygen atoms in total. The van der Waals surface area contributed by atoms with Gasteiger partial charge < -0.3 is 4.57 Å². The predicted octanol–water partition coefficient (Wildman–Crippen LogP) is 1.19. The fourth-order valence-electron chi connectivity index (χ4n) is 1.27. The van der Waals surface area contributed by atoms with Crippen LogP contribution in [0.15, 0.2) is 19.0 Å². The molecular formula is C9H14N2O3S. The van der Waals surface area contributed by atoms with E-state index in [9.17, 15) is 8.42 Å². The Morgan fingerprint density at radius 2 is 2.27 bits per heavy atom. The molecule has 1 heterocycles. The monoisotopic (exact) mass is 230 g/mol. The highest BCUT2D eigenvalue weighted by Crippen LogP contribution is 2.03. The van der Waals surface area contributed by atoms with Crippen molar-refractivity contribution >= 4 is 16.2 Å². The van der Waals surface area contributed by atoms with Gasteiger partial charge in [-0.3, -0.25) is 4.55 Å². The molecule has 0 saturated heterocycles. The lowest BCUT2D eigenvalue weighted by atomic mass is 10.3. The van der Waals surface area contributed by atoms with Crippen LogP contribution in [0.25, 0.3) is 6.08 Å². The van der Waals surface area contributed by atoms with Crippen molar-refractivity contribution in [1.29, 1.82) is 0 Å². The molecule has 1 aromatic rings. The third-order valence-corrected chi connectivity index (χ3v) is 2.79. The molecule has 0 saturated carbocycles. The molecule has 84 valence electrons. The first kappa shape index (κ1) is 11.9. The smallest absolute Gasteiger partial charge is 0.264 e. The Bertz CT molecular complexity index is 422. The van der Waals surface area contributed by atoms with Gasteiger partial charge in [-0.1, -0.05) is 6.58 Å². The van der Waals surface area contributed by atoms with Gasteiger partial charge in [0.2, 0.25) is 0 Å². The van der Waals surface area contributed by atoms with E-state index in [0.717, 1.165) is 5.82 Å². The van der Waals surface area contributed by atoms with Crippen LogP contribution in [0.3, 0.4) is 0 Å². The lowest BCUT2D eigenvalue weighted by Crippen LogP contribution is -2.06. The Balaban J connectivity index is 2.35. The zero-order valence-electron chi connectivity index (χ0n) is 8.33. The van der Waals surface area contributed by atoms with Crippen LogP contribution in [0.5, 0.6) is 0 Å². The second-order valence-electron chi connectivity index (χ2n) is 3.18. The number of hydrogen-bond donors (Lipinski definition) is 1. The van der Waals surface area contributed by atoms with E-state index >= 15 is 0 Å². The topological polar surface area (TPSA) is 72.2 Å². The van der Waals surface area contributed by atoms with Gasteiger partial charge in [0.05, 0.1) is 5.75 Å². The molecule has 15 heavy (non-hydrogen) atoms. The van der Waals surface area contributed by atoms with Gasteiger partial charge in [0.1, 0.15) is 5.82 Å². The molecule has 1 N–H and O–H groups in total. The van der Waals surface area contributed by atoms with E-state index in [1.54, 1.807) is 12.3 Å². The summed E-state index contributed by atoms with van der Waals surface area (Å²) < 4.78 is 31.3. The average Bonchev–Trinajstić information content (AvgIpc) is 2.58. The number of hydrogen-bond acceptors (Lipinski definition) is 3. The maximum Gasteiger partial charge on any atom is 0.264 e. The first-order valence-electron chi connectivity index (χ1n) is 4.61.